The maximum absolute atomic E-state index is 13.9. The second-order valence-corrected chi connectivity index (χ2v) is 21.4. The highest BCUT2D eigenvalue weighted by molar-refractivity contribution is 9.10. The molecule has 2 aliphatic rings. The van der Waals surface area contributed by atoms with Gasteiger partial charge in [0.1, 0.15) is 30.3 Å². The van der Waals surface area contributed by atoms with Crippen molar-refractivity contribution in [2.24, 2.45) is 11.3 Å². The van der Waals surface area contributed by atoms with Gasteiger partial charge in [-0.2, -0.15) is 4.98 Å². The largest absolute Gasteiger partial charge is 0.494 e. The third kappa shape index (κ3) is 18.3. The van der Waals surface area contributed by atoms with Gasteiger partial charge in [0.05, 0.1) is 33.3 Å². The van der Waals surface area contributed by atoms with Crippen LogP contribution in [-0.2, 0) is 39.9 Å². The molecule has 73 heavy (non-hydrogen) atoms. The number of amides is 4. The summed E-state index contributed by atoms with van der Waals surface area (Å²) < 4.78 is 23.8. The molecule has 18 nitrogen and oxygen atoms in total. The molecular weight excluding hydrogens is 1020 g/mol. The Bertz CT molecular complexity index is 2370. The lowest BCUT2D eigenvalue weighted by atomic mass is 9.84. The highest BCUT2D eigenvalue weighted by Gasteiger charge is 2.44. The molecule has 398 valence electrons. The lowest BCUT2D eigenvalue weighted by Crippen LogP contribution is -2.58. The summed E-state index contributed by atoms with van der Waals surface area (Å²) in [6, 6.07) is 13.7. The average molecular weight is 1090 g/mol. The van der Waals surface area contributed by atoms with E-state index in [1.165, 1.54) is 4.90 Å². The molecule has 0 spiro atoms. The summed E-state index contributed by atoms with van der Waals surface area (Å²) in [5.74, 6) is 1.14. The van der Waals surface area contributed by atoms with Crippen molar-refractivity contribution >= 4 is 68.3 Å². The molecule has 4 amide bonds. The normalized spacial score (nSPS) is 16.1. The van der Waals surface area contributed by atoms with Crippen molar-refractivity contribution < 1.29 is 43.2 Å². The van der Waals surface area contributed by atoms with Gasteiger partial charge in [-0.15, -0.1) is 11.3 Å². The molecule has 0 bridgehead atoms. The van der Waals surface area contributed by atoms with Crippen molar-refractivity contribution in [1.82, 2.24) is 35.4 Å². The molecule has 1 aliphatic heterocycles. The maximum Gasteiger partial charge on any atom is 0.246 e. The van der Waals surface area contributed by atoms with Gasteiger partial charge in [0.25, 0.3) is 0 Å². The van der Waals surface area contributed by atoms with Crippen molar-refractivity contribution in [1.29, 1.82) is 0 Å². The van der Waals surface area contributed by atoms with E-state index in [0.717, 1.165) is 82.6 Å². The Balaban J connectivity index is 0.763. The fourth-order valence-corrected chi connectivity index (χ4v) is 9.43. The van der Waals surface area contributed by atoms with E-state index < -0.39 is 35.4 Å². The molecule has 3 heterocycles. The van der Waals surface area contributed by atoms with E-state index in [1.54, 1.807) is 17.5 Å². The number of aryl methyl sites for hydroxylation is 1. The van der Waals surface area contributed by atoms with Crippen molar-refractivity contribution in [3.63, 3.8) is 0 Å². The summed E-state index contributed by atoms with van der Waals surface area (Å²) in [5.41, 5.74) is 4.89. The number of ether oxygens (including phenoxy) is 4. The van der Waals surface area contributed by atoms with Crippen LogP contribution in [0.15, 0.2) is 64.7 Å². The number of nitrogens with one attached hydrogen (secondary N) is 4. The van der Waals surface area contributed by atoms with E-state index in [0.29, 0.717) is 70.9 Å². The number of likely N-dealkylation sites (tertiary alicyclic amines) is 1. The second kappa shape index (κ2) is 29.0. The Hall–Kier alpha value is -5.25. The first-order valence-corrected chi connectivity index (χ1v) is 27.1. The fourth-order valence-electron chi connectivity index (χ4n) is 8.29. The Morgan fingerprint density at radius 2 is 1.59 bits per heavy atom. The number of β-amino-alcohol motifs (C(OH)–C–C–N with tert-alkyl or cyclic N) is 1. The molecule has 2 unspecified atom stereocenters. The van der Waals surface area contributed by atoms with Crippen molar-refractivity contribution in [2.45, 2.75) is 110 Å². The Morgan fingerprint density at radius 3 is 2.25 bits per heavy atom. The van der Waals surface area contributed by atoms with Crippen LogP contribution in [0.2, 0.25) is 0 Å². The number of halogens is 1. The van der Waals surface area contributed by atoms with E-state index in [-0.39, 0.29) is 43.8 Å². The average Bonchev–Trinajstić information content (AvgIpc) is 3.97. The maximum atomic E-state index is 13.9. The van der Waals surface area contributed by atoms with Gasteiger partial charge in [-0.25, -0.2) is 9.97 Å². The molecule has 0 radical (unpaired) electrons. The topological polar surface area (TPSA) is 219 Å². The number of carbonyl (C=O) groups excluding carboxylic acids is 4. The van der Waals surface area contributed by atoms with Crippen molar-refractivity contribution in [2.75, 3.05) is 83.6 Å². The number of thiazole rings is 1. The Morgan fingerprint density at radius 1 is 0.904 bits per heavy atom. The zero-order valence-corrected chi connectivity index (χ0v) is 45.4. The molecule has 1 aliphatic carbocycles. The fraction of sp³-hybridized carbons (Fsp3) is 0.566. The van der Waals surface area contributed by atoms with E-state index in [9.17, 15) is 24.3 Å². The lowest BCUT2D eigenvalue weighted by Gasteiger charge is -2.35. The van der Waals surface area contributed by atoms with E-state index in [2.05, 4.69) is 52.1 Å². The van der Waals surface area contributed by atoms with Gasteiger partial charge >= 0.3 is 0 Å². The highest BCUT2D eigenvalue weighted by atomic mass is 79.9. The van der Waals surface area contributed by atoms with Crippen LogP contribution in [0.25, 0.3) is 10.4 Å². The minimum Gasteiger partial charge on any atom is -0.494 e. The summed E-state index contributed by atoms with van der Waals surface area (Å²) in [6.07, 6.45) is 8.02. The number of carbonyl (C=O) groups is 4. The minimum atomic E-state index is -0.940. The van der Waals surface area contributed by atoms with Crippen LogP contribution in [0.5, 0.6) is 5.75 Å². The van der Waals surface area contributed by atoms with Crippen LogP contribution in [0, 0.1) is 18.3 Å². The standard InChI is InChI=1S/C53H74BrN9O9S/c1-36-46(73-35-58-36)38-16-14-37(15-17-38)31-56-49(66)44-30-41(64)33-63(44)51(68)47(53(2,3)4)60-45(65)34-71-28-10-26-69-24-6-7-25-70-27-11-29-72-42-20-18-40(19-21-42)59-52-57-32-43(54)48(61-52)55-22-9-23-62(5)50(67)39-12-8-13-39/h14-21,32,35,39,41,44,47,64H,6-13,22-31,33-34H2,1-5H3,(H,56,66)(H,60,65)(H2,55,57,59,61)/t41-,44?,47?/m1/s1. The van der Waals surface area contributed by atoms with Crippen LogP contribution >= 0.6 is 27.3 Å². The molecule has 2 fully saturated rings. The molecular formula is C53H74BrN9O9S. The van der Waals surface area contributed by atoms with Gasteiger partial charge in [-0.3, -0.25) is 19.2 Å². The lowest BCUT2D eigenvalue weighted by molar-refractivity contribution is -0.144. The number of hydrogen-bond acceptors (Lipinski definition) is 15. The third-order valence-electron chi connectivity index (χ3n) is 12.7. The molecule has 4 aromatic rings. The zero-order valence-electron chi connectivity index (χ0n) is 43.0. The summed E-state index contributed by atoms with van der Waals surface area (Å²) in [4.78, 5) is 70.4. The summed E-state index contributed by atoms with van der Waals surface area (Å²) >= 11 is 5.10. The second-order valence-electron chi connectivity index (χ2n) is 19.7. The minimum absolute atomic E-state index is 0.00315. The quantitative estimate of drug-likeness (QED) is 0.0325. The number of unbranched alkanes of at least 4 members (excludes halogenated alkanes) is 1. The number of nitrogens with zero attached hydrogens (tertiary/aromatic N) is 5. The number of anilines is 3. The van der Waals surface area contributed by atoms with E-state index >= 15 is 0 Å². The number of aliphatic hydroxyl groups is 1. The third-order valence-corrected chi connectivity index (χ3v) is 14.3. The zero-order chi connectivity index (χ0) is 52.2. The first-order chi connectivity index (χ1) is 35.2. The molecule has 20 heteroatoms. The van der Waals surface area contributed by atoms with E-state index in [4.69, 9.17) is 18.9 Å². The Kier molecular flexibility index (Phi) is 22.7. The number of hydrogen-bond donors (Lipinski definition) is 5. The molecule has 6 rings (SSSR count). The summed E-state index contributed by atoms with van der Waals surface area (Å²) in [6.45, 7) is 12.1. The van der Waals surface area contributed by atoms with Gasteiger partial charge in [0, 0.05) is 96.9 Å². The van der Waals surface area contributed by atoms with Gasteiger partial charge in [0.2, 0.25) is 29.6 Å². The molecule has 5 N–H and O–H groups in total. The first kappa shape index (κ1) is 57.0. The SMILES string of the molecule is Cc1ncsc1-c1ccc(CNC(=O)C2C[C@@H](O)CN2C(=O)C(NC(=O)COCCCOCCCCOCCCOc2ccc(Nc3ncc(Br)c(NCCCN(C)C(=O)C4CCC4)n3)cc2)C(C)(C)C)cc1. The number of aliphatic hydroxyl groups excluding tert-OH is 1. The summed E-state index contributed by atoms with van der Waals surface area (Å²) in [7, 11) is 1.88. The molecule has 1 saturated carbocycles. The first-order valence-electron chi connectivity index (χ1n) is 25.5. The molecule has 3 atom stereocenters. The smallest absolute Gasteiger partial charge is 0.246 e. The van der Waals surface area contributed by atoms with Crippen molar-refractivity contribution in [3.8, 4) is 16.2 Å². The number of aromatic nitrogens is 3. The van der Waals surface area contributed by atoms with Crippen LogP contribution in [0.3, 0.4) is 0 Å². The predicted molar refractivity (Wildman–Crippen MR) is 286 cm³/mol. The van der Waals surface area contributed by atoms with Gasteiger partial charge < -0.3 is 55.1 Å². The highest BCUT2D eigenvalue weighted by Crippen LogP contribution is 2.30. The molecule has 2 aromatic carbocycles. The predicted octanol–water partition coefficient (Wildman–Crippen LogP) is 7.27. The van der Waals surface area contributed by atoms with Gasteiger partial charge in [0.15, 0.2) is 0 Å². The van der Waals surface area contributed by atoms with Gasteiger partial charge in [-0.1, -0.05) is 51.5 Å². The Labute approximate surface area is 442 Å². The van der Waals surface area contributed by atoms with Crippen LogP contribution in [0.1, 0.15) is 89.8 Å². The van der Waals surface area contributed by atoms with Crippen LogP contribution < -0.4 is 26.0 Å². The monoisotopic (exact) mass is 1090 g/mol. The van der Waals surface area contributed by atoms with Crippen LogP contribution in [0.4, 0.5) is 17.5 Å². The molecule has 1 saturated heterocycles. The van der Waals surface area contributed by atoms with Crippen LogP contribution in [-0.4, -0.2) is 145 Å². The van der Waals surface area contributed by atoms with Gasteiger partial charge in [-0.05, 0) is 102 Å². The molecule has 2 aromatic heterocycles. The van der Waals surface area contributed by atoms with E-state index in [1.807, 2.05) is 93.7 Å². The summed E-state index contributed by atoms with van der Waals surface area (Å²) in [5, 5.41) is 22.9. The number of benzene rings is 2. The number of rotatable bonds is 30. The van der Waals surface area contributed by atoms with Crippen molar-refractivity contribution in [3.05, 3.63) is 76.0 Å².